The highest BCUT2D eigenvalue weighted by atomic mass is 16.5. The molecule has 0 saturated carbocycles. The number of anilines is 1. The standard InChI is InChI=1S/C12H12N4O4/c1-20-11(18)7-16-6-9(4-14-16)15-12(19)8-2-10(17)5-13-3-8/h2-6,17H,7H2,1H3,(H,15,19). The zero-order valence-electron chi connectivity index (χ0n) is 10.6. The molecule has 2 rings (SSSR count). The summed E-state index contributed by atoms with van der Waals surface area (Å²) >= 11 is 0. The highest BCUT2D eigenvalue weighted by molar-refractivity contribution is 6.04. The zero-order chi connectivity index (χ0) is 14.5. The van der Waals surface area contributed by atoms with E-state index in [1.54, 1.807) is 0 Å². The largest absolute Gasteiger partial charge is 0.506 e. The van der Waals surface area contributed by atoms with E-state index in [4.69, 9.17) is 0 Å². The molecule has 8 heteroatoms. The number of amides is 1. The number of hydrogen-bond acceptors (Lipinski definition) is 6. The van der Waals surface area contributed by atoms with Crippen LogP contribution in [0.5, 0.6) is 5.75 Å². The molecule has 20 heavy (non-hydrogen) atoms. The molecule has 1 amide bonds. The highest BCUT2D eigenvalue weighted by Crippen LogP contribution is 2.11. The first-order valence-electron chi connectivity index (χ1n) is 5.63. The summed E-state index contributed by atoms with van der Waals surface area (Å²) in [5.74, 6) is -0.979. The Morgan fingerprint density at radius 2 is 2.20 bits per heavy atom. The maximum absolute atomic E-state index is 11.9. The Balaban J connectivity index is 2.03. The molecule has 0 spiro atoms. The molecule has 0 radical (unpaired) electrons. The van der Waals surface area contributed by atoms with Gasteiger partial charge in [0.15, 0.2) is 0 Å². The second-order valence-electron chi connectivity index (χ2n) is 3.89. The fourth-order valence-electron chi connectivity index (χ4n) is 1.47. The van der Waals surface area contributed by atoms with Gasteiger partial charge in [-0.15, -0.1) is 0 Å². The third-order valence-electron chi connectivity index (χ3n) is 2.40. The molecule has 2 N–H and O–H groups in total. The molecule has 0 aliphatic rings. The SMILES string of the molecule is COC(=O)Cn1cc(NC(=O)c2cncc(O)c2)cn1. The molecule has 0 aromatic carbocycles. The predicted octanol–water partition coefficient (Wildman–Crippen LogP) is 0.409. The maximum Gasteiger partial charge on any atom is 0.327 e. The minimum Gasteiger partial charge on any atom is -0.506 e. The fourth-order valence-corrected chi connectivity index (χ4v) is 1.47. The average molecular weight is 276 g/mol. The zero-order valence-corrected chi connectivity index (χ0v) is 10.6. The van der Waals surface area contributed by atoms with Crippen LogP contribution in [0.1, 0.15) is 10.4 Å². The summed E-state index contributed by atoms with van der Waals surface area (Å²) in [6.45, 7) is -0.0416. The lowest BCUT2D eigenvalue weighted by Crippen LogP contribution is -2.13. The topological polar surface area (TPSA) is 106 Å². The summed E-state index contributed by atoms with van der Waals surface area (Å²) in [7, 11) is 1.28. The summed E-state index contributed by atoms with van der Waals surface area (Å²) in [4.78, 5) is 26.6. The van der Waals surface area contributed by atoms with Crippen LogP contribution in [0.2, 0.25) is 0 Å². The molecule has 8 nitrogen and oxygen atoms in total. The smallest absolute Gasteiger partial charge is 0.327 e. The van der Waals surface area contributed by atoms with Crippen molar-refractivity contribution < 1.29 is 19.4 Å². The number of methoxy groups -OCH3 is 1. The molecule has 2 heterocycles. The number of esters is 1. The summed E-state index contributed by atoms with van der Waals surface area (Å²) in [5.41, 5.74) is 0.632. The fraction of sp³-hybridized carbons (Fsp3) is 0.167. The van der Waals surface area contributed by atoms with Crippen molar-refractivity contribution in [2.45, 2.75) is 6.54 Å². The van der Waals surface area contributed by atoms with Crippen molar-refractivity contribution in [3.63, 3.8) is 0 Å². The van der Waals surface area contributed by atoms with E-state index in [-0.39, 0.29) is 17.9 Å². The Labute approximate surface area is 114 Å². The van der Waals surface area contributed by atoms with E-state index >= 15 is 0 Å². The number of nitrogens with zero attached hydrogens (tertiary/aromatic N) is 3. The van der Waals surface area contributed by atoms with Crippen LogP contribution in [0.15, 0.2) is 30.9 Å². The second kappa shape index (κ2) is 5.83. The Kier molecular flexibility index (Phi) is 3.94. The van der Waals surface area contributed by atoms with E-state index in [0.717, 1.165) is 0 Å². The quantitative estimate of drug-likeness (QED) is 0.783. The van der Waals surface area contributed by atoms with E-state index in [1.807, 2.05) is 0 Å². The van der Waals surface area contributed by atoms with Crippen molar-refractivity contribution in [2.75, 3.05) is 12.4 Å². The number of nitrogens with one attached hydrogen (secondary N) is 1. The molecule has 0 aliphatic heterocycles. The summed E-state index contributed by atoms with van der Waals surface area (Å²) in [6.07, 6.45) is 5.45. The van der Waals surface area contributed by atoms with Gasteiger partial charge in [0.05, 0.1) is 30.8 Å². The van der Waals surface area contributed by atoms with Crippen LogP contribution < -0.4 is 5.32 Å². The molecule has 0 unspecified atom stereocenters. The van der Waals surface area contributed by atoms with Crippen molar-refractivity contribution in [3.05, 3.63) is 36.4 Å². The molecular formula is C12H12N4O4. The number of aromatic hydroxyl groups is 1. The number of rotatable bonds is 4. The third kappa shape index (κ3) is 3.31. The monoisotopic (exact) mass is 276 g/mol. The van der Waals surface area contributed by atoms with Crippen molar-refractivity contribution >= 4 is 17.6 Å². The van der Waals surface area contributed by atoms with Gasteiger partial charge in [-0.25, -0.2) is 0 Å². The predicted molar refractivity (Wildman–Crippen MR) is 68.1 cm³/mol. The van der Waals surface area contributed by atoms with E-state index in [0.29, 0.717) is 5.69 Å². The first-order valence-corrected chi connectivity index (χ1v) is 5.63. The number of carbonyl (C=O) groups is 2. The van der Waals surface area contributed by atoms with Crippen LogP contribution >= 0.6 is 0 Å². The lowest BCUT2D eigenvalue weighted by atomic mass is 10.2. The lowest BCUT2D eigenvalue weighted by Gasteiger charge is -2.02. The minimum absolute atomic E-state index is 0.0416. The molecular weight excluding hydrogens is 264 g/mol. The summed E-state index contributed by atoms with van der Waals surface area (Å²) < 4.78 is 5.84. The molecule has 2 aromatic rings. The van der Waals surface area contributed by atoms with Crippen LogP contribution in [0.4, 0.5) is 5.69 Å². The van der Waals surface area contributed by atoms with Crippen LogP contribution in [0.3, 0.4) is 0 Å². The van der Waals surface area contributed by atoms with Crippen LogP contribution in [-0.2, 0) is 16.1 Å². The first-order chi connectivity index (χ1) is 9.58. The second-order valence-corrected chi connectivity index (χ2v) is 3.89. The third-order valence-corrected chi connectivity index (χ3v) is 2.40. The van der Waals surface area contributed by atoms with Gasteiger partial charge in [-0.1, -0.05) is 0 Å². The number of ether oxygens (including phenoxy) is 1. The van der Waals surface area contributed by atoms with E-state index in [1.165, 1.54) is 42.6 Å². The number of pyridine rings is 1. The van der Waals surface area contributed by atoms with Gasteiger partial charge in [-0.2, -0.15) is 5.10 Å². The van der Waals surface area contributed by atoms with Crippen LogP contribution in [-0.4, -0.2) is 38.9 Å². The number of aromatic nitrogens is 3. The van der Waals surface area contributed by atoms with Crippen LogP contribution in [0, 0.1) is 0 Å². The molecule has 2 aromatic heterocycles. The molecule has 0 fully saturated rings. The van der Waals surface area contributed by atoms with Gasteiger partial charge >= 0.3 is 5.97 Å². The van der Waals surface area contributed by atoms with Gasteiger partial charge in [0.1, 0.15) is 12.3 Å². The van der Waals surface area contributed by atoms with Crippen LogP contribution in [0.25, 0.3) is 0 Å². The summed E-state index contributed by atoms with van der Waals surface area (Å²) in [6, 6.07) is 1.29. The Hall–Kier alpha value is -2.90. The Bertz CT molecular complexity index is 638. The van der Waals surface area contributed by atoms with E-state index in [9.17, 15) is 14.7 Å². The lowest BCUT2D eigenvalue weighted by molar-refractivity contribution is -0.141. The maximum atomic E-state index is 11.9. The molecule has 0 aliphatic carbocycles. The van der Waals surface area contributed by atoms with Crippen molar-refractivity contribution in [3.8, 4) is 5.75 Å². The molecule has 0 bridgehead atoms. The van der Waals surface area contributed by atoms with Gasteiger partial charge in [-0.05, 0) is 6.07 Å². The van der Waals surface area contributed by atoms with Gasteiger partial charge in [0.25, 0.3) is 5.91 Å². The van der Waals surface area contributed by atoms with E-state index < -0.39 is 11.9 Å². The molecule has 104 valence electrons. The van der Waals surface area contributed by atoms with Gasteiger partial charge in [0.2, 0.25) is 0 Å². The van der Waals surface area contributed by atoms with Gasteiger partial charge in [0, 0.05) is 12.4 Å². The van der Waals surface area contributed by atoms with Crippen molar-refractivity contribution in [1.29, 1.82) is 0 Å². The van der Waals surface area contributed by atoms with Crippen molar-refractivity contribution in [1.82, 2.24) is 14.8 Å². The molecule has 0 atom stereocenters. The number of carbonyl (C=O) groups excluding carboxylic acids is 2. The Morgan fingerprint density at radius 3 is 2.90 bits per heavy atom. The Morgan fingerprint density at radius 1 is 1.40 bits per heavy atom. The van der Waals surface area contributed by atoms with E-state index in [2.05, 4.69) is 20.1 Å². The van der Waals surface area contributed by atoms with Gasteiger partial charge in [-0.3, -0.25) is 19.3 Å². The summed E-state index contributed by atoms with van der Waals surface area (Å²) in [5, 5.41) is 15.7. The van der Waals surface area contributed by atoms with Gasteiger partial charge < -0.3 is 15.2 Å². The normalized spacial score (nSPS) is 10.1. The average Bonchev–Trinajstić information content (AvgIpc) is 2.85. The number of hydrogen-bond donors (Lipinski definition) is 2. The van der Waals surface area contributed by atoms with Crippen molar-refractivity contribution in [2.24, 2.45) is 0 Å². The minimum atomic E-state index is -0.442. The first kappa shape index (κ1) is 13.5. The molecule has 0 saturated heterocycles. The highest BCUT2D eigenvalue weighted by Gasteiger charge is 2.10.